The maximum Gasteiger partial charge on any atom is 0.0669 e. The molecule has 0 bridgehead atoms. The van der Waals surface area contributed by atoms with Gasteiger partial charge in [0.05, 0.1) is 12.0 Å². The first-order valence-electron chi connectivity index (χ1n) is 7.74. The van der Waals surface area contributed by atoms with E-state index in [9.17, 15) is 0 Å². The zero-order valence-electron chi connectivity index (χ0n) is 11.4. The lowest BCUT2D eigenvalue weighted by Crippen LogP contribution is -2.46. The Balaban J connectivity index is 1.47. The molecule has 0 aromatic carbocycles. The maximum atomic E-state index is 8.98. The van der Waals surface area contributed by atoms with Gasteiger partial charge in [0.1, 0.15) is 0 Å². The molecular weight excluding hydrogens is 222 g/mol. The van der Waals surface area contributed by atoms with Crippen molar-refractivity contribution in [1.29, 1.82) is 5.26 Å². The minimum atomic E-state index is 0.304. The standard InChI is InChI=1S/C15H25N3/c16-11-13-5-8-18(12-13)15-6-9-17(10-7-15)14-3-1-2-4-14/h13-15H,1-10,12H2. The third-order valence-corrected chi connectivity index (χ3v) is 5.26. The highest BCUT2D eigenvalue weighted by atomic mass is 15.2. The molecule has 0 radical (unpaired) electrons. The van der Waals surface area contributed by atoms with Crippen molar-refractivity contribution in [3.05, 3.63) is 0 Å². The lowest BCUT2D eigenvalue weighted by Gasteiger charge is -2.39. The molecule has 3 nitrogen and oxygen atoms in total. The predicted octanol–water partition coefficient (Wildman–Crippen LogP) is 2.24. The summed E-state index contributed by atoms with van der Waals surface area (Å²) in [6.07, 6.45) is 9.51. The van der Waals surface area contributed by atoms with E-state index in [1.165, 1.54) is 51.6 Å². The first-order valence-corrected chi connectivity index (χ1v) is 7.74. The van der Waals surface area contributed by atoms with Gasteiger partial charge in [0.25, 0.3) is 0 Å². The summed E-state index contributed by atoms with van der Waals surface area (Å²) < 4.78 is 0. The van der Waals surface area contributed by atoms with Crippen molar-refractivity contribution < 1.29 is 0 Å². The average Bonchev–Trinajstić information content (AvgIpc) is 3.10. The van der Waals surface area contributed by atoms with Crippen LogP contribution in [0, 0.1) is 17.2 Å². The highest BCUT2D eigenvalue weighted by Crippen LogP contribution is 2.29. The summed E-state index contributed by atoms with van der Waals surface area (Å²) in [5.41, 5.74) is 0. The van der Waals surface area contributed by atoms with E-state index >= 15 is 0 Å². The van der Waals surface area contributed by atoms with Crippen LogP contribution in [0.15, 0.2) is 0 Å². The van der Waals surface area contributed by atoms with Crippen LogP contribution in [-0.2, 0) is 0 Å². The smallest absolute Gasteiger partial charge is 0.0669 e. The average molecular weight is 247 g/mol. The molecule has 3 aliphatic rings. The van der Waals surface area contributed by atoms with Crippen molar-refractivity contribution in [3.63, 3.8) is 0 Å². The van der Waals surface area contributed by atoms with Crippen LogP contribution in [0.1, 0.15) is 44.9 Å². The Morgan fingerprint density at radius 3 is 2.00 bits per heavy atom. The molecular formula is C15H25N3. The van der Waals surface area contributed by atoms with Gasteiger partial charge in [-0.25, -0.2) is 0 Å². The summed E-state index contributed by atoms with van der Waals surface area (Å²) in [6.45, 7) is 4.78. The molecule has 0 aromatic rings. The monoisotopic (exact) mass is 247 g/mol. The summed E-state index contributed by atoms with van der Waals surface area (Å²) in [7, 11) is 0. The van der Waals surface area contributed by atoms with E-state index in [-0.39, 0.29) is 0 Å². The number of hydrogen-bond acceptors (Lipinski definition) is 3. The Bertz CT molecular complexity index is 308. The van der Waals surface area contributed by atoms with Crippen LogP contribution in [0.2, 0.25) is 0 Å². The molecule has 100 valence electrons. The summed E-state index contributed by atoms with van der Waals surface area (Å²) in [5.74, 6) is 0.304. The van der Waals surface area contributed by atoms with Crippen molar-refractivity contribution in [3.8, 4) is 6.07 Å². The van der Waals surface area contributed by atoms with Gasteiger partial charge in [-0.05, 0) is 51.7 Å². The van der Waals surface area contributed by atoms with Gasteiger partial charge in [0.15, 0.2) is 0 Å². The highest BCUT2D eigenvalue weighted by Gasteiger charge is 2.32. The van der Waals surface area contributed by atoms with E-state index < -0.39 is 0 Å². The molecule has 18 heavy (non-hydrogen) atoms. The van der Waals surface area contributed by atoms with Gasteiger partial charge in [0, 0.05) is 18.6 Å². The molecule has 3 rings (SSSR count). The largest absolute Gasteiger partial charge is 0.300 e. The van der Waals surface area contributed by atoms with E-state index in [0.29, 0.717) is 5.92 Å². The highest BCUT2D eigenvalue weighted by molar-refractivity contribution is 4.94. The number of piperidine rings is 1. The molecule has 2 saturated heterocycles. The van der Waals surface area contributed by atoms with Gasteiger partial charge in [0.2, 0.25) is 0 Å². The van der Waals surface area contributed by atoms with Crippen LogP contribution in [0.5, 0.6) is 0 Å². The normalized spacial score (nSPS) is 32.9. The van der Waals surface area contributed by atoms with Crippen molar-refractivity contribution in [2.75, 3.05) is 26.2 Å². The fourth-order valence-corrected chi connectivity index (χ4v) is 4.11. The second-order valence-corrected chi connectivity index (χ2v) is 6.32. The summed E-state index contributed by atoms with van der Waals surface area (Å²) >= 11 is 0. The van der Waals surface area contributed by atoms with Gasteiger partial charge in [-0.2, -0.15) is 5.26 Å². The summed E-state index contributed by atoms with van der Waals surface area (Å²) in [6, 6.07) is 4.10. The Kier molecular flexibility index (Phi) is 3.86. The maximum absolute atomic E-state index is 8.98. The summed E-state index contributed by atoms with van der Waals surface area (Å²) in [5, 5.41) is 8.98. The number of rotatable bonds is 2. The van der Waals surface area contributed by atoms with Gasteiger partial charge < -0.3 is 4.90 Å². The molecule has 0 amide bonds. The first kappa shape index (κ1) is 12.4. The van der Waals surface area contributed by atoms with E-state index in [1.54, 1.807) is 0 Å². The van der Waals surface area contributed by atoms with E-state index in [0.717, 1.165) is 31.6 Å². The van der Waals surface area contributed by atoms with Gasteiger partial charge >= 0.3 is 0 Å². The second-order valence-electron chi connectivity index (χ2n) is 6.32. The van der Waals surface area contributed by atoms with Crippen molar-refractivity contribution in [1.82, 2.24) is 9.80 Å². The number of hydrogen-bond donors (Lipinski definition) is 0. The Labute approximate surface area is 111 Å². The third kappa shape index (κ3) is 2.55. The molecule has 2 heterocycles. The Morgan fingerprint density at radius 2 is 1.39 bits per heavy atom. The Morgan fingerprint density at radius 1 is 0.778 bits per heavy atom. The van der Waals surface area contributed by atoms with Crippen LogP contribution in [0.25, 0.3) is 0 Å². The molecule has 1 saturated carbocycles. The minimum Gasteiger partial charge on any atom is -0.300 e. The van der Waals surface area contributed by atoms with Crippen LogP contribution >= 0.6 is 0 Å². The van der Waals surface area contributed by atoms with Gasteiger partial charge in [-0.1, -0.05) is 12.8 Å². The molecule has 3 fully saturated rings. The molecule has 3 heteroatoms. The van der Waals surface area contributed by atoms with Crippen molar-refractivity contribution >= 4 is 0 Å². The molecule has 2 aliphatic heterocycles. The Hall–Kier alpha value is -0.590. The fourth-order valence-electron chi connectivity index (χ4n) is 4.11. The molecule has 0 spiro atoms. The second kappa shape index (κ2) is 5.59. The zero-order chi connectivity index (χ0) is 12.4. The molecule has 0 N–H and O–H groups in total. The SMILES string of the molecule is N#CC1CCN(C2CCN(C3CCCC3)CC2)C1. The molecule has 1 atom stereocenters. The van der Waals surface area contributed by atoms with Crippen molar-refractivity contribution in [2.24, 2.45) is 5.92 Å². The fraction of sp³-hybridized carbons (Fsp3) is 0.933. The molecule has 1 aliphatic carbocycles. The molecule has 1 unspecified atom stereocenters. The quantitative estimate of drug-likeness (QED) is 0.749. The number of nitriles is 1. The lowest BCUT2D eigenvalue weighted by molar-refractivity contribution is 0.0967. The first-order chi connectivity index (χ1) is 8.86. The van der Waals surface area contributed by atoms with E-state index in [4.69, 9.17) is 5.26 Å². The van der Waals surface area contributed by atoms with Crippen molar-refractivity contribution in [2.45, 2.75) is 57.0 Å². The van der Waals surface area contributed by atoms with Crippen LogP contribution < -0.4 is 0 Å². The zero-order valence-corrected chi connectivity index (χ0v) is 11.4. The van der Waals surface area contributed by atoms with Gasteiger partial charge in [-0.3, -0.25) is 4.90 Å². The molecule has 0 aromatic heterocycles. The lowest BCUT2D eigenvalue weighted by atomic mass is 10.0. The van der Waals surface area contributed by atoms with Crippen LogP contribution in [-0.4, -0.2) is 48.1 Å². The van der Waals surface area contributed by atoms with E-state index in [1.807, 2.05) is 0 Å². The topological polar surface area (TPSA) is 30.3 Å². The van der Waals surface area contributed by atoms with Gasteiger partial charge in [-0.15, -0.1) is 0 Å². The minimum absolute atomic E-state index is 0.304. The predicted molar refractivity (Wildman–Crippen MR) is 72.1 cm³/mol. The summed E-state index contributed by atoms with van der Waals surface area (Å²) in [4.78, 5) is 5.32. The van der Waals surface area contributed by atoms with E-state index in [2.05, 4.69) is 15.9 Å². The van der Waals surface area contributed by atoms with Crippen LogP contribution in [0.4, 0.5) is 0 Å². The number of nitrogens with zero attached hydrogens (tertiary/aromatic N) is 3. The van der Waals surface area contributed by atoms with Crippen LogP contribution in [0.3, 0.4) is 0 Å². The number of likely N-dealkylation sites (tertiary alicyclic amines) is 2. The third-order valence-electron chi connectivity index (χ3n) is 5.26.